The van der Waals surface area contributed by atoms with Gasteiger partial charge in [0.05, 0.1) is 19.3 Å². The summed E-state index contributed by atoms with van der Waals surface area (Å²) in [5.74, 6) is 0. The molecule has 0 amide bonds. The largest absolute Gasteiger partial charge is 0.394 e. The average molecular weight is 146 g/mol. The molecule has 0 radical (unpaired) electrons. The Hall–Kier alpha value is -0.120. The van der Waals surface area contributed by atoms with Crippen LogP contribution < -0.4 is 0 Å². The van der Waals surface area contributed by atoms with Gasteiger partial charge in [-0.25, -0.2) is 0 Å². The molecule has 60 valence electrons. The molecule has 0 bridgehead atoms. The summed E-state index contributed by atoms with van der Waals surface area (Å²) in [5, 5.41) is 17.3. The van der Waals surface area contributed by atoms with Crippen LogP contribution >= 0.6 is 0 Å². The van der Waals surface area contributed by atoms with Crippen molar-refractivity contribution in [3.05, 3.63) is 0 Å². The van der Waals surface area contributed by atoms with Crippen molar-refractivity contribution in [3.63, 3.8) is 0 Å². The second-order valence-electron chi connectivity index (χ2n) is 2.72. The molecule has 0 aromatic rings. The van der Waals surface area contributed by atoms with Crippen LogP contribution in [0.4, 0.5) is 0 Å². The van der Waals surface area contributed by atoms with Gasteiger partial charge in [0, 0.05) is 0 Å². The van der Waals surface area contributed by atoms with Gasteiger partial charge in [0.1, 0.15) is 6.10 Å². The van der Waals surface area contributed by atoms with E-state index in [1.54, 1.807) is 0 Å². The lowest BCUT2D eigenvalue weighted by molar-refractivity contribution is -0.0547. The monoisotopic (exact) mass is 146 g/mol. The normalized spacial score (nSPS) is 22.2. The first-order valence-corrected chi connectivity index (χ1v) is 3.73. The van der Waals surface area contributed by atoms with E-state index in [-0.39, 0.29) is 13.2 Å². The third-order valence-electron chi connectivity index (χ3n) is 1.79. The van der Waals surface area contributed by atoms with Crippen LogP contribution in [-0.4, -0.2) is 35.6 Å². The predicted molar refractivity (Wildman–Crippen MR) is 36.7 cm³/mol. The third kappa shape index (κ3) is 2.25. The van der Waals surface area contributed by atoms with Crippen molar-refractivity contribution in [2.45, 2.75) is 31.5 Å². The second-order valence-corrected chi connectivity index (χ2v) is 2.72. The zero-order valence-corrected chi connectivity index (χ0v) is 5.99. The Labute approximate surface area is 60.6 Å². The Bertz CT molecular complexity index is 86.1. The highest BCUT2D eigenvalue weighted by atomic mass is 16.5. The van der Waals surface area contributed by atoms with Gasteiger partial charge >= 0.3 is 0 Å². The van der Waals surface area contributed by atoms with Crippen molar-refractivity contribution in [2.75, 3.05) is 13.2 Å². The SMILES string of the molecule is OCC(O)COC1CCC1. The topological polar surface area (TPSA) is 49.7 Å². The molecule has 3 heteroatoms. The lowest BCUT2D eigenvalue weighted by atomic mass is 9.96. The van der Waals surface area contributed by atoms with Gasteiger partial charge in [-0.15, -0.1) is 0 Å². The van der Waals surface area contributed by atoms with Crippen LogP contribution in [0, 0.1) is 0 Å². The predicted octanol–water partition coefficient (Wildman–Crippen LogP) is -0.0913. The number of hydrogen-bond acceptors (Lipinski definition) is 3. The van der Waals surface area contributed by atoms with Gasteiger partial charge in [0.2, 0.25) is 0 Å². The van der Waals surface area contributed by atoms with E-state index in [0.717, 1.165) is 12.8 Å². The first-order chi connectivity index (χ1) is 4.83. The van der Waals surface area contributed by atoms with Gasteiger partial charge in [-0.3, -0.25) is 0 Å². The number of aliphatic hydroxyl groups is 2. The van der Waals surface area contributed by atoms with E-state index in [1.807, 2.05) is 0 Å². The molecule has 10 heavy (non-hydrogen) atoms. The van der Waals surface area contributed by atoms with Crippen molar-refractivity contribution < 1.29 is 14.9 Å². The highest BCUT2D eigenvalue weighted by Crippen LogP contribution is 2.21. The van der Waals surface area contributed by atoms with E-state index < -0.39 is 6.10 Å². The maximum atomic E-state index is 8.85. The first kappa shape index (κ1) is 7.98. The summed E-state index contributed by atoms with van der Waals surface area (Å²) in [4.78, 5) is 0. The summed E-state index contributed by atoms with van der Waals surface area (Å²) in [5.41, 5.74) is 0. The van der Waals surface area contributed by atoms with Gasteiger partial charge in [-0.2, -0.15) is 0 Å². The maximum absolute atomic E-state index is 8.85. The second kappa shape index (κ2) is 3.91. The highest BCUT2D eigenvalue weighted by molar-refractivity contribution is 4.69. The molecule has 1 aliphatic rings. The summed E-state index contributed by atoms with van der Waals surface area (Å²) in [6.45, 7) is 0.0773. The van der Waals surface area contributed by atoms with Crippen molar-refractivity contribution in [1.82, 2.24) is 0 Å². The third-order valence-corrected chi connectivity index (χ3v) is 1.79. The van der Waals surface area contributed by atoms with Crippen molar-refractivity contribution in [1.29, 1.82) is 0 Å². The van der Waals surface area contributed by atoms with E-state index in [0.29, 0.717) is 6.10 Å². The molecule has 0 spiro atoms. The van der Waals surface area contributed by atoms with Crippen LogP contribution in [0.15, 0.2) is 0 Å². The molecule has 1 fully saturated rings. The molecule has 0 aliphatic heterocycles. The smallest absolute Gasteiger partial charge is 0.100 e. The number of rotatable bonds is 4. The summed E-state index contributed by atoms with van der Waals surface area (Å²) in [6.07, 6.45) is 3.11. The standard InChI is InChI=1S/C7H14O3/c8-4-6(9)5-10-7-2-1-3-7/h6-9H,1-5H2. The number of ether oxygens (including phenoxy) is 1. The van der Waals surface area contributed by atoms with Gasteiger partial charge in [0.15, 0.2) is 0 Å². The quantitative estimate of drug-likeness (QED) is 0.582. The molecule has 3 nitrogen and oxygen atoms in total. The number of hydrogen-bond donors (Lipinski definition) is 2. The van der Waals surface area contributed by atoms with Crippen LogP contribution in [0.5, 0.6) is 0 Å². The van der Waals surface area contributed by atoms with E-state index in [2.05, 4.69) is 0 Å². The summed E-state index contributed by atoms with van der Waals surface area (Å²) in [7, 11) is 0. The minimum Gasteiger partial charge on any atom is -0.394 e. The summed E-state index contributed by atoms with van der Waals surface area (Å²) >= 11 is 0. The molecule has 1 atom stereocenters. The minimum atomic E-state index is -0.694. The van der Waals surface area contributed by atoms with Gasteiger partial charge in [-0.1, -0.05) is 0 Å². The maximum Gasteiger partial charge on any atom is 0.100 e. The Balaban J connectivity index is 1.93. The lowest BCUT2D eigenvalue weighted by Crippen LogP contribution is -2.28. The van der Waals surface area contributed by atoms with E-state index in [1.165, 1.54) is 6.42 Å². The molecule has 1 saturated carbocycles. The molecular formula is C7H14O3. The fourth-order valence-corrected chi connectivity index (χ4v) is 0.837. The van der Waals surface area contributed by atoms with Crippen molar-refractivity contribution in [2.24, 2.45) is 0 Å². The molecule has 0 saturated heterocycles. The van der Waals surface area contributed by atoms with Crippen LogP contribution in [0.1, 0.15) is 19.3 Å². The number of aliphatic hydroxyl groups excluding tert-OH is 2. The molecule has 0 heterocycles. The molecule has 2 N–H and O–H groups in total. The van der Waals surface area contributed by atoms with Crippen LogP contribution in [-0.2, 0) is 4.74 Å². The Morgan fingerprint density at radius 1 is 1.50 bits per heavy atom. The fourth-order valence-electron chi connectivity index (χ4n) is 0.837. The van der Waals surface area contributed by atoms with E-state index >= 15 is 0 Å². The Kier molecular flexibility index (Phi) is 3.12. The zero-order valence-electron chi connectivity index (χ0n) is 5.99. The Morgan fingerprint density at radius 3 is 2.60 bits per heavy atom. The van der Waals surface area contributed by atoms with Crippen LogP contribution in [0.25, 0.3) is 0 Å². The van der Waals surface area contributed by atoms with Crippen molar-refractivity contribution >= 4 is 0 Å². The minimum absolute atomic E-state index is 0.202. The summed E-state index contributed by atoms with van der Waals surface area (Å²) in [6, 6.07) is 0. The van der Waals surface area contributed by atoms with E-state index in [9.17, 15) is 0 Å². The molecule has 0 aromatic heterocycles. The average Bonchev–Trinajstić information content (AvgIpc) is 1.84. The fraction of sp³-hybridized carbons (Fsp3) is 1.00. The van der Waals surface area contributed by atoms with Crippen LogP contribution in [0.2, 0.25) is 0 Å². The van der Waals surface area contributed by atoms with Gasteiger partial charge < -0.3 is 14.9 Å². The van der Waals surface area contributed by atoms with Crippen molar-refractivity contribution in [3.8, 4) is 0 Å². The molecular weight excluding hydrogens is 132 g/mol. The Morgan fingerprint density at radius 2 is 2.20 bits per heavy atom. The van der Waals surface area contributed by atoms with Gasteiger partial charge in [0.25, 0.3) is 0 Å². The highest BCUT2D eigenvalue weighted by Gasteiger charge is 2.18. The first-order valence-electron chi connectivity index (χ1n) is 3.73. The molecule has 0 aromatic carbocycles. The molecule has 1 unspecified atom stereocenters. The van der Waals surface area contributed by atoms with E-state index in [4.69, 9.17) is 14.9 Å². The molecule has 1 aliphatic carbocycles. The lowest BCUT2D eigenvalue weighted by Gasteiger charge is -2.26. The molecule has 1 rings (SSSR count). The summed E-state index contributed by atoms with van der Waals surface area (Å²) < 4.78 is 5.22. The van der Waals surface area contributed by atoms with Gasteiger partial charge in [-0.05, 0) is 19.3 Å². The van der Waals surface area contributed by atoms with Crippen LogP contribution in [0.3, 0.4) is 0 Å². The zero-order chi connectivity index (χ0) is 7.40.